The number of hydrogen-bond donors (Lipinski definition) is 0. The summed E-state index contributed by atoms with van der Waals surface area (Å²) in [5, 5.41) is 3.85. The maximum Gasteiger partial charge on any atom is 0.340 e. The Balaban J connectivity index is 1.37. The smallest absolute Gasteiger partial charge is 0.340 e. The molecule has 0 aliphatic carbocycles. The summed E-state index contributed by atoms with van der Waals surface area (Å²) in [6, 6.07) is 17.2. The molecule has 0 amide bonds. The number of anilines is 1. The third kappa shape index (κ3) is 5.42. The van der Waals surface area contributed by atoms with Crippen molar-refractivity contribution in [1.82, 2.24) is 9.97 Å². The second-order valence-corrected chi connectivity index (χ2v) is 9.62. The summed E-state index contributed by atoms with van der Waals surface area (Å²) in [7, 11) is 0. The van der Waals surface area contributed by atoms with Gasteiger partial charge in [0.1, 0.15) is 0 Å². The molecule has 0 fully saturated rings. The molecule has 0 radical (unpaired) electrons. The number of aryl methyl sites for hydroxylation is 3. The molecule has 5 rings (SSSR count). The molecule has 1 aromatic heterocycles. The minimum Gasteiger partial charge on any atom is -0.355 e. The van der Waals surface area contributed by atoms with Gasteiger partial charge in [0, 0.05) is 24.2 Å². The number of benzene rings is 2. The zero-order chi connectivity index (χ0) is 24.2. The molecule has 0 bridgehead atoms. The van der Waals surface area contributed by atoms with Crippen LogP contribution in [-0.2, 0) is 16.1 Å². The van der Waals surface area contributed by atoms with Gasteiger partial charge in [0.2, 0.25) is 0 Å². The Morgan fingerprint density at radius 3 is 2.14 bits per heavy atom. The topological polar surface area (TPSA) is 67.7 Å². The van der Waals surface area contributed by atoms with E-state index in [0.29, 0.717) is 6.42 Å². The van der Waals surface area contributed by atoms with E-state index in [9.17, 15) is 4.79 Å². The summed E-state index contributed by atoms with van der Waals surface area (Å²) in [6.45, 7) is 6.18. The summed E-state index contributed by atoms with van der Waals surface area (Å²) in [5.74, 6) is 0.791. The van der Waals surface area contributed by atoms with Crippen molar-refractivity contribution in [3.05, 3.63) is 65.4 Å². The summed E-state index contributed by atoms with van der Waals surface area (Å²) in [4.78, 5) is 28.7. The van der Waals surface area contributed by atoms with E-state index in [1.165, 1.54) is 11.1 Å². The fourth-order valence-electron chi connectivity index (χ4n) is 4.76. The monoisotopic (exact) mass is 468 g/mol. The van der Waals surface area contributed by atoms with Crippen LogP contribution in [0.1, 0.15) is 55.3 Å². The number of rotatable bonds is 8. The van der Waals surface area contributed by atoms with Gasteiger partial charge in [-0.25, -0.2) is 14.8 Å². The van der Waals surface area contributed by atoms with Crippen molar-refractivity contribution in [3.63, 3.8) is 0 Å². The lowest BCUT2D eigenvalue weighted by atomic mass is 10.0. The van der Waals surface area contributed by atoms with Crippen LogP contribution in [0, 0.1) is 13.8 Å². The van der Waals surface area contributed by atoms with Gasteiger partial charge >= 0.3 is 5.97 Å². The number of oxime groups is 1. The normalized spacial score (nSPS) is 15.1. The highest BCUT2D eigenvalue weighted by Crippen LogP contribution is 2.35. The van der Waals surface area contributed by atoms with Gasteiger partial charge in [-0.15, -0.1) is 0 Å². The second-order valence-electron chi connectivity index (χ2n) is 9.62. The van der Waals surface area contributed by atoms with Crippen molar-refractivity contribution in [2.24, 2.45) is 5.16 Å². The highest BCUT2D eigenvalue weighted by Gasteiger charge is 2.24. The average molecular weight is 469 g/mol. The van der Waals surface area contributed by atoms with Crippen molar-refractivity contribution in [3.8, 4) is 22.5 Å². The number of carbonyl (C=O) groups excluding carboxylic acids is 1. The quantitative estimate of drug-likeness (QED) is 0.298. The number of carbonyl (C=O) groups is 1. The Hall–Kier alpha value is -3.54. The van der Waals surface area contributed by atoms with Gasteiger partial charge < -0.3 is 9.74 Å². The molecule has 0 saturated carbocycles. The van der Waals surface area contributed by atoms with Gasteiger partial charge in [-0.1, -0.05) is 71.2 Å². The molecule has 0 saturated heterocycles. The minimum atomic E-state index is -0.238. The lowest BCUT2D eigenvalue weighted by Gasteiger charge is -2.30. The van der Waals surface area contributed by atoms with E-state index in [2.05, 4.69) is 77.3 Å². The third-order valence-corrected chi connectivity index (χ3v) is 6.76. The Bertz CT molecular complexity index is 1230. The molecule has 2 aliphatic rings. The van der Waals surface area contributed by atoms with Crippen molar-refractivity contribution in [2.75, 3.05) is 18.0 Å². The standard InChI is InChI=1S/C29H32N4O2/c1-20-9-13-22(14-10-20)27-28(23-15-11-21(2)12-16-23)31-29-25(30-27)8-6-18-33(29)17-5-3-4-7-24-19-26(34)35-32-24/h9-16H,3-8,17-19H2,1-2H3. The molecular weight excluding hydrogens is 436 g/mol. The maximum atomic E-state index is 11.2. The van der Waals surface area contributed by atoms with Crippen LogP contribution in [0.25, 0.3) is 22.5 Å². The van der Waals surface area contributed by atoms with Gasteiger partial charge in [0.25, 0.3) is 0 Å². The molecule has 6 nitrogen and oxygen atoms in total. The number of nitrogens with zero attached hydrogens (tertiary/aromatic N) is 4. The number of fused-ring (bicyclic) bond motifs is 1. The SMILES string of the molecule is Cc1ccc(-c2nc3c(nc2-c2ccc(C)cc2)N(CCCCCC2=NOC(=O)C2)CCC3)cc1. The van der Waals surface area contributed by atoms with Crippen LogP contribution in [0.15, 0.2) is 53.7 Å². The lowest BCUT2D eigenvalue weighted by Crippen LogP contribution is -2.32. The lowest BCUT2D eigenvalue weighted by molar-refractivity contribution is -0.140. The molecule has 0 atom stereocenters. The van der Waals surface area contributed by atoms with E-state index >= 15 is 0 Å². The van der Waals surface area contributed by atoms with Crippen LogP contribution in [-0.4, -0.2) is 34.7 Å². The molecule has 6 heteroatoms. The molecule has 2 aromatic carbocycles. The molecule has 180 valence electrons. The van der Waals surface area contributed by atoms with E-state index in [0.717, 1.165) is 91.4 Å². The van der Waals surface area contributed by atoms with Crippen LogP contribution < -0.4 is 4.90 Å². The first-order chi connectivity index (χ1) is 17.1. The predicted octanol–water partition coefficient (Wildman–Crippen LogP) is 6.04. The van der Waals surface area contributed by atoms with Gasteiger partial charge in [-0.05, 0) is 46.0 Å². The van der Waals surface area contributed by atoms with Gasteiger partial charge in [-0.2, -0.15) is 0 Å². The van der Waals surface area contributed by atoms with E-state index in [1.807, 2.05) is 0 Å². The van der Waals surface area contributed by atoms with Crippen LogP contribution in [0.2, 0.25) is 0 Å². The highest BCUT2D eigenvalue weighted by atomic mass is 16.7. The first-order valence-corrected chi connectivity index (χ1v) is 12.6. The van der Waals surface area contributed by atoms with Crippen LogP contribution >= 0.6 is 0 Å². The molecule has 2 aliphatic heterocycles. The fourth-order valence-corrected chi connectivity index (χ4v) is 4.76. The van der Waals surface area contributed by atoms with Gasteiger partial charge in [-0.3, -0.25) is 0 Å². The highest BCUT2D eigenvalue weighted by molar-refractivity contribution is 6.01. The first-order valence-electron chi connectivity index (χ1n) is 12.6. The zero-order valence-electron chi connectivity index (χ0n) is 20.6. The van der Waals surface area contributed by atoms with E-state index in [1.54, 1.807) is 0 Å². The Labute approximate surface area is 207 Å². The maximum absolute atomic E-state index is 11.2. The van der Waals surface area contributed by atoms with Crippen molar-refractivity contribution in [1.29, 1.82) is 0 Å². The van der Waals surface area contributed by atoms with Crippen molar-refractivity contribution < 1.29 is 9.63 Å². The largest absolute Gasteiger partial charge is 0.355 e. The summed E-state index contributed by atoms with van der Waals surface area (Å²) in [6.07, 6.45) is 6.40. The molecule has 0 spiro atoms. The summed E-state index contributed by atoms with van der Waals surface area (Å²) >= 11 is 0. The molecule has 35 heavy (non-hydrogen) atoms. The minimum absolute atomic E-state index is 0.238. The van der Waals surface area contributed by atoms with Crippen LogP contribution in [0.5, 0.6) is 0 Å². The summed E-state index contributed by atoms with van der Waals surface area (Å²) < 4.78 is 0. The van der Waals surface area contributed by atoms with Crippen LogP contribution in [0.4, 0.5) is 5.82 Å². The molecule has 3 heterocycles. The second kappa shape index (κ2) is 10.4. The van der Waals surface area contributed by atoms with E-state index in [-0.39, 0.29) is 5.97 Å². The van der Waals surface area contributed by atoms with Crippen molar-refractivity contribution >= 4 is 17.5 Å². The fraction of sp³-hybridized carbons (Fsp3) is 0.379. The zero-order valence-corrected chi connectivity index (χ0v) is 20.6. The number of unbranched alkanes of at least 4 members (excludes halogenated alkanes) is 2. The predicted molar refractivity (Wildman–Crippen MR) is 140 cm³/mol. The molecular formula is C29H32N4O2. The van der Waals surface area contributed by atoms with Crippen molar-refractivity contribution in [2.45, 2.75) is 58.8 Å². The van der Waals surface area contributed by atoms with Gasteiger partial charge in [0.15, 0.2) is 5.82 Å². The Morgan fingerprint density at radius 1 is 0.857 bits per heavy atom. The third-order valence-electron chi connectivity index (χ3n) is 6.76. The molecule has 0 unspecified atom stereocenters. The Kier molecular flexibility index (Phi) is 6.89. The van der Waals surface area contributed by atoms with E-state index in [4.69, 9.17) is 9.97 Å². The van der Waals surface area contributed by atoms with E-state index < -0.39 is 0 Å². The number of aromatic nitrogens is 2. The molecule has 3 aromatic rings. The molecule has 0 N–H and O–H groups in total. The Morgan fingerprint density at radius 2 is 1.51 bits per heavy atom. The summed E-state index contributed by atoms with van der Waals surface area (Å²) in [5.41, 5.74) is 8.55. The average Bonchev–Trinajstić information content (AvgIpc) is 3.29. The van der Waals surface area contributed by atoms with Gasteiger partial charge in [0.05, 0.1) is 29.2 Å². The van der Waals surface area contributed by atoms with Crippen LogP contribution in [0.3, 0.4) is 0 Å². The number of hydrogen-bond acceptors (Lipinski definition) is 6. The first kappa shape index (κ1) is 23.2.